The van der Waals surface area contributed by atoms with Crippen molar-refractivity contribution in [3.05, 3.63) is 47.7 Å². The van der Waals surface area contributed by atoms with Crippen molar-refractivity contribution in [2.45, 2.75) is 64.5 Å². The van der Waals surface area contributed by atoms with Crippen LogP contribution in [0.15, 0.2) is 36.5 Å². The van der Waals surface area contributed by atoms with Crippen molar-refractivity contribution in [3.8, 4) is 0 Å². The molecule has 0 radical (unpaired) electrons. The van der Waals surface area contributed by atoms with E-state index in [1.165, 1.54) is 44.3 Å². The van der Waals surface area contributed by atoms with Crippen molar-refractivity contribution in [1.82, 2.24) is 14.7 Å². The Kier molecular flexibility index (Phi) is 6.65. The second-order valence-corrected chi connectivity index (χ2v) is 8.46. The molecule has 2 aliphatic rings. The van der Waals surface area contributed by atoms with E-state index in [-0.39, 0.29) is 5.54 Å². The molecule has 1 aromatic carbocycles. The van der Waals surface area contributed by atoms with Gasteiger partial charge in [0.1, 0.15) is 0 Å². The number of hydrogen-bond acceptors (Lipinski definition) is 3. The van der Waals surface area contributed by atoms with Gasteiger partial charge in [0.2, 0.25) is 0 Å². The van der Waals surface area contributed by atoms with Crippen molar-refractivity contribution in [2.24, 2.45) is 0 Å². The van der Waals surface area contributed by atoms with E-state index in [1.54, 1.807) is 11.1 Å². The number of nitrogens with zero attached hydrogens (tertiary/aromatic N) is 3. The van der Waals surface area contributed by atoms with Gasteiger partial charge in [-0.05, 0) is 57.2 Å². The lowest BCUT2D eigenvalue weighted by Crippen LogP contribution is -2.55. The molecule has 0 atom stereocenters. The number of likely N-dealkylation sites (N-methyl/N-ethyl adjacent to an activating group) is 2. The number of benzene rings is 1. The largest absolute Gasteiger partial charge is 0.372 e. The first-order valence-corrected chi connectivity index (χ1v) is 11.0. The molecule has 0 N–H and O–H groups in total. The zero-order chi connectivity index (χ0) is 19.4. The summed E-state index contributed by atoms with van der Waals surface area (Å²) in [4.78, 5) is 7.79. The van der Waals surface area contributed by atoms with Crippen molar-refractivity contribution in [3.63, 3.8) is 0 Å². The molecule has 150 valence electrons. The van der Waals surface area contributed by atoms with Crippen molar-refractivity contribution >= 4 is 0 Å². The van der Waals surface area contributed by atoms with Gasteiger partial charge in [0.15, 0.2) is 0 Å². The van der Waals surface area contributed by atoms with Crippen LogP contribution < -0.4 is 0 Å². The topological polar surface area (TPSA) is 9.72 Å². The third-order valence-electron chi connectivity index (χ3n) is 7.19. The van der Waals surface area contributed by atoms with Gasteiger partial charge < -0.3 is 4.90 Å². The van der Waals surface area contributed by atoms with E-state index in [9.17, 15) is 0 Å². The lowest BCUT2D eigenvalue weighted by Gasteiger charge is -2.51. The van der Waals surface area contributed by atoms with Gasteiger partial charge in [0.25, 0.3) is 0 Å². The van der Waals surface area contributed by atoms with Crippen LogP contribution in [0.5, 0.6) is 0 Å². The highest BCUT2D eigenvalue weighted by Gasteiger charge is 2.42. The van der Waals surface area contributed by atoms with Crippen LogP contribution in [-0.2, 0) is 12.0 Å². The fourth-order valence-corrected chi connectivity index (χ4v) is 5.45. The Morgan fingerprint density at radius 3 is 2.41 bits per heavy atom. The lowest BCUT2D eigenvalue weighted by molar-refractivity contribution is 0.0282. The van der Waals surface area contributed by atoms with Crippen LogP contribution in [-0.4, -0.2) is 60.5 Å². The first kappa shape index (κ1) is 20.4. The van der Waals surface area contributed by atoms with Crippen LogP contribution in [0.3, 0.4) is 0 Å². The van der Waals surface area contributed by atoms with E-state index < -0.39 is 0 Å². The molecule has 27 heavy (non-hydrogen) atoms. The Hall–Kier alpha value is -1.32. The van der Waals surface area contributed by atoms with Crippen molar-refractivity contribution in [2.75, 3.05) is 39.8 Å². The molecule has 2 heterocycles. The molecule has 1 spiro atoms. The van der Waals surface area contributed by atoms with Gasteiger partial charge >= 0.3 is 0 Å². The molecule has 0 saturated carbocycles. The molecule has 1 saturated heterocycles. The summed E-state index contributed by atoms with van der Waals surface area (Å²) in [5, 5.41) is 0. The number of piperidine rings is 1. The molecule has 0 amide bonds. The van der Waals surface area contributed by atoms with Crippen LogP contribution >= 0.6 is 0 Å². The van der Waals surface area contributed by atoms with Gasteiger partial charge in [0, 0.05) is 50.0 Å². The van der Waals surface area contributed by atoms with Crippen LogP contribution in [0.25, 0.3) is 0 Å². The van der Waals surface area contributed by atoms with E-state index in [0.717, 1.165) is 26.2 Å². The van der Waals surface area contributed by atoms with Gasteiger partial charge in [-0.3, -0.25) is 9.80 Å². The Balaban J connectivity index is 1.66. The Bertz CT molecular complexity index is 626. The summed E-state index contributed by atoms with van der Waals surface area (Å²) in [6, 6.07) is 9.78. The molecular formula is C24H39N3. The summed E-state index contributed by atoms with van der Waals surface area (Å²) < 4.78 is 0. The molecule has 1 aromatic rings. The molecule has 1 fully saturated rings. The second-order valence-electron chi connectivity index (χ2n) is 8.46. The van der Waals surface area contributed by atoms with Crippen molar-refractivity contribution in [1.29, 1.82) is 0 Å². The van der Waals surface area contributed by atoms with Crippen LogP contribution in [0.2, 0.25) is 0 Å². The fourth-order valence-electron chi connectivity index (χ4n) is 5.45. The molecule has 3 nitrogen and oxygen atoms in total. The summed E-state index contributed by atoms with van der Waals surface area (Å²) >= 11 is 0. The van der Waals surface area contributed by atoms with Crippen LogP contribution in [0.4, 0.5) is 0 Å². The predicted molar refractivity (Wildman–Crippen MR) is 116 cm³/mol. The minimum Gasteiger partial charge on any atom is -0.372 e. The molecule has 2 aliphatic heterocycles. The normalized spacial score (nSPS) is 20.0. The lowest BCUT2D eigenvalue weighted by atomic mass is 9.74. The number of hydrogen-bond donors (Lipinski definition) is 0. The highest BCUT2D eigenvalue weighted by Crippen LogP contribution is 2.42. The molecule has 3 heteroatoms. The number of likely N-dealkylation sites (tertiary alicyclic amines) is 1. The van der Waals surface area contributed by atoms with Gasteiger partial charge in [-0.25, -0.2) is 0 Å². The van der Waals surface area contributed by atoms with E-state index in [4.69, 9.17) is 0 Å². The maximum absolute atomic E-state index is 4.47. The minimum atomic E-state index is 0.243. The van der Waals surface area contributed by atoms with E-state index in [2.05, 4.69) is 73.4 Å². The standard InChI is InChI=1S/C24H39N3/c1-6-22(7-2)27(8-3)20(4)19-26-17-14-24(15-18-26)23-12-10-9-11-21(23)13-16-25(24)5/h9-12,22H,4,6-8,13-19H2,1-3,5H3. The average Bonchev–Trinajstić information content (AvgIpc) is 2.70. The molecule has 0 aliphatic carbocycles. The predicted octanol–water partition coefficient (Wildman–Crippen LogP) is 4.49. The number of rotatable bonds is 7. The molecular weight excluding hydrogens is 330 g/mol. The van der Waals surface area contributed by atoms with Crippen molar-refractivity contribution < 1.29 is 0 Å². The van der Waals surface area contributed by atoms with Gasteiger partial charge in [-0.1, -0.05) is 44.7 Å². The zero-order valence-electron chi connectivity index (χ0n) is 18.0. The summed E-state index contributed by atoms with van der Waals surface area (Å²) in [6.45, 7) is 16.9. The van der Waals surface area contributed by atoms with Crippen LogP contribution in [0.1, 0.15) is 57.6 Å². The van der Waals surface area contributed by atoms with Gasteiger partial charge in [0.05, 0.1) is 0 Å². The third-order valence-corrected chi connectivity index (χ3v) is 7.19. The third kappa shape index (κ3) is 3.95. The molecule has 0 bridgehead atoms. The molecule has 0 unspecified atom stereocenters. The van der Waals surface area contributed by atoms with Gasteiger partial charge in [-0.15, -0.1) is 0 Å². The molecule has 0 aromatic heterocycles. The van der Waals surface area contributed by atoms with E-state index >= 15 is 0 Å². The first-order chi connectivity index (χ1) is 13.1. The Morgan fingerprint density at radius 1 is 1.11 bits per heavy atom. The Labute approximate surface area is 167 Å². The zero-order valence-corrected chi connectivity index (χ0v) is 18.0. The maximum atomic E-state index is 4.47. The second kappa shape index (κ2) is 8.79. The summed E-state index contributed by atoms with van der Waals surface area (Å²) in [5.41, 5.74) is 4.70. The number of fused-ring (bicyclic) bond motifs is 2. The SMILES string of the molecule is C=C(CN1CCC2(CC1)c1ccccc1CCN2C)N(CC)C(CC)CC. The van der Waals surface area contributed by atoms with Crippen LogP contribution in [0, 0.1) is 0 Å². The smallest absolute Gasteiger partial charge is 0.0484 e. The Morgan fingerprint density at radius 2 is 1.78 bits per heavy atom. The average molecular weight is 370 g/mol. The minimum absolute atomic E-state index is 0.243. The first-order valence-electron chi connectivity index (χ1n) is 11.0. The maximum Gasteiger partial charge on any atom is 0.0484 e. The summed E-state index contributed by atoms with van der Waals surface area (Å²) in [7, 11) is 2.33. The quantitative estimate of drug-likeness (QED) is 0.701. The molecule has 3 rings (SSSR count). The van der Waals surface area contributed by atoms with E-state index in [0.29, 0.717) is 6.04 Å². The van der Waals surface area contributed by atoms with E-state index in [1.807, 2.05) is 0 Å². The summed E-state index contributed by atoms with van der Waals surface area (Å²) in [5.74, 6) is 0. The highest BCUT2D eigenvalue weighted by molar-refractivity contribution is 5.37. The van der Waals surface area contributed by atoms with Gasteiger partial charge in [-0.2, -0.15) is 0 Å². The monoisotopic (exact) mass is 369 g/mol. The summed E-state index contributed by atoms with van der Waals surface area (Å²) in [6.07, 6.45) is 6.05. The fraction of sp³-hybridized carbons (Fsp3) is 0.667. The highest BCUT2D eigenvalue weighted by atomic mass is 15.3.